The van der Waals surface area contributed by atoms with Crippen LogP contribution in [0.2, 0.25) is 10.0 Å². The number of nitrogens with one attached hydrogen (secondary N) is 1. The lowest BCUT2D eigenvalue weighted by Crippen LogP contribution is -2.40. The summed E-state index contributed by atoms with van der Waals surface area (Å²) in [6, 6.07) is 4.36. The molecule has 1 aromatic carbocycles. The summed E-state index contributed by atoms with van der Waals surface area (Å²) < 4.78 is 0.844. The van der Waals surface area contributed by atoms with Gasteiger partial charge in [-0.15, -0.1) is 0 Å². The molecule has 1 aliphatic heterocycles. The number of aromatic amines is 1. The average Bonchev–Trinajstić information content (AvgIpc) is 3.04. The predicted octanol–water partition coefficient (Wildman–Crippen LogP) is 2.13. The highest BCUT2D eigenvalue weighted by Gasteiger charge is 2.23. The summed E-state index contributed by atoms with van der Waals surface area (Å²) in [5.74, 6) is -1.35. The van der Waals surface area contributed by atoms with Gasteiger partial charge < -0.3 is 10.1 Å². The molecule has 1 saturated heterocycles. The van der Waals surface area contributed by atoms with Crippen LogP contribution in [0.15, 0.2) is 27.8 Å². The van der Waals surface area contributed by atoms with Crippen LogP contribution in [0.1, 0.15) is 28.9 Å². The highest BCUT2D eigenvalue weighted by molar-refractivity contribution is 6.35. The van der Waals surface area contributed by atoms with E-state index in [1.54, 1.807) is 0 Å². The second-order valence-corrected chi connectivity index (χ2v) is 6.65. The van der Waals surface area contributed by atoms with Crippen molar-refractivity contribution in [3.8, 4) is 5.69 Å². The lowest BCUT2D eigenvalue weighted by Gasteiger charge is -2.17. The van der Waals surface area contributed by atoms with Crippen molar-refractivity contribution in [2.75, 3.05) is 13.1 Å². The Labute approximate surface area is 152 Å². The zero-order chi connectivity index (χ0) is 18.1. The van der Waals surface area contributed by atoms with Gasteiger partial charge in [0.05, 0.1) is 16.3 Å². The van der Waals surface area contributed by atoms with Crippen molar-refractivity contribution in [3.05, 3.63) is 60.3 Å². The first-order chi connectivity index (χ1) is 11.9. The van der Waals surface area contributed by atoms with Crippen LogP contribution in [0.5, 0.6) is 0 Å². The third kappa shape index (κ3) is 3.49. The molecule has 0 unspecified atom stereocenters. The number of rotatable bonds is 4. The molecular weight excluding hydrogens is 369 g/mol. The summed E-state index contributed by atoms with van der Waals surface area (Å²) in [7, 11) is 0. The Kier molecular flexibility index (Phi) is 4.99. The summed E-state index contributed by atoms with van der Waals surface area (Å²) >= 11 is 12.0. The summed E-state index contributed by atoms with van der Waals surface area (Å²) in [5.41, 5.74) is -1.77. The van der Waals surface area contributed by atoms with Crippen molar-refractivity contribution < 1.29 is 9.90 Å². The van der Waals surface area contributed by atoms with E-state index < -0.39 is 17.2 Å². The van der Waals surface area contributed by atoms with Crippen molar-refractivity contribution in [1.82, 2.24) is 14.5 Å². The Balaban J connectivity index is 2.21. The van der Waals surface area contributed by atoms with Gasteiger partial charge in [-0.3, -0.25) is 9.69 Å². The third-order valence-corrected chi connectivity index (χ3v) is 4.68. The maximum Gasteiger partial charge on any atom is 0.352 e. The monoisotopic (exact) mass is 383 g/mol. The second-order valence-electron chi connectivity index (χ2n) is 5.81. The van der Waals surface area contributed by atoms with E-state index in [1.165, 1.54) is 18.2 Å². The maximum atomic E-state index is 12.9. The molecule has 9 heteroatoms. The zero-order valence-corrected chi connectivity index (χ0v) is 14.6. The van der Waals surface area contributed by atoms with Gasteiger partial charge in [0.25, 0.3) is 5.56 Å². The smallest absolute Gasteiger partial charge is 0.352 e. The number of benzene rings is 1. The molecule has 0 bridgehead atoms. The minimum absolute atomic E-state index is 0.0278. The number of likely N-dealkylation sites (tertiary alicyclic amines) is 1. The first-order valence-corrected chi connectivity index (χ1v) is 8.43. The summed E-state index contributed by atoms with van der Waals surface area (Å²) in [6.45, 7) is 1.71. The minimum Gasteiger partial charge on any atom is -0.477 e. The van der Waals surface area contributed by atoms with E-state index in [1.807, 2.05) is 4.90 Å². The fourth-order valence-electron chi connectivity index (χ4n) is 2.95. The van der Waals surface area contributed by atoms with Gasteiger partial charge in [-0.25, -0.2) is 14.2 Å². The normalized spacial score (nSPS) is 14.8. The lowest BCUT2D eigenvalue weighted by atomic mass is 10.2. The number of halogens is 2. The zero-order valence-electron chi connectivity index (χ0n) is 13.1. The number of hydrogen-bond acceptors (Lipinski definition) is 4. The van der Waals surface area contributed by atoms with Crippen LogP contribution in [0.3, 0.4) is 0 Å². The fraction of sp³-hybridized carbons (Fsp3) is 0.312. The van der Waals surface area contributed by atoms with E-state index in [-0.39, 0.29) is 28.5 Å². The highest BCUT2D eigenvalue weighted by Crippen LogP contribution is 2.23. The number of aromatic nitrogens is 2. The number of aromatic carboxylic acids is 1. The van der Waals surface area contributed by atoms with Crippen molar-refractivity contribution >= 4 is 29.2 Å². The quantitative estimate of drug-likeness (QED) is 0.842. The molecule has 2 aromatic rings. The van der Waals surface area contributed by atoms with Gasteiger partial charge in [0, 0.05) is 11.6 Å². The first kappa shape index (κ1) is 17.7. The predicted molar refractivity (Wildman–Crippen MR) is 94.2 cm³/mol. The number of H-pyrrole nitrogens is 1. The number of carboxylic acids is 1. The van der Waals surface area contributed by atoms with Crippen LogP contribution in [0.25, 0.3) is 5.69 Å². The number of hydrogen-bond donors (Lipinski definition) is 2. The number of carboxylic acid groups (broad SMARTS) is 1. The molecule has 0 spiro atoms. The summed E-state index contributed by atoms with van der Waals surface area (Å²) in [6.07, 6.45) is 1.98. The molecule has 2 heterocycles. The number of nitrogens with zero attached hydrogens (tertiary/aromatic N) is 2. The van der Waals surface area contributed by atoms with Crippen LogP contribution in [0, 0.1) is 0 Å². The van der Waals surface area contributed by atoms with Gasteiger partial charge in [-0.2, -0.15) is 0 Å². The Morgan fingerprint density at radius 3 is 2.48 bits per heavy atom. The van der Waals surface area contributed by atoms with Crippen molar-refractivity contribution in [2.45, 2.75) is 19.4 Å². The van der Waals surface area contributed by atoms with Gasteiger partial charge >= 0.3 is 11.7 Å². The SMILES string of the molecule is O=C(O)c1[nH]c(=O)n(-c2ccc(Cl)cc2Cl)c(=O)c1CN1CCCC1. The summed E-state index contributed by atoms with van der Waals surface area (Å²) in [4.78, 5) is 41.0. The minimum atomic E-state index is -1.35. The van der Waals surface area contributed by atoms with E-state index in [0.717, 1.165) is 30.5 Å². The largest absolute Gasteiger partial charge is 0.477 e. The van der Waals surface area contributed by atoms with Crippen molar-refractivity contribution in [2.24, 2.45) is 0 Å². The van der Waals surface area contributed by atoms with Crippen LogP contribution in [-0.2, 0) is 6.54 Å². The van der Waals surface area contributed by atoms with Gasteiger partial charge in [0.1, 0.15) is 5.69 Å². The van der Waals surface area contributed by atoms with Gasteiger partial charge in [0.15, 0.2) is 0 Å². The van der Waals surface area contributed by atoms with Crippen LogP contribution in [-0.4, -0.2) is 38.6 Å². The van der Waals surface area contributed by atoms with E-state index in [9.17, 15) is 19.5 Å². The topological polar surface area (TPSA) is 95.4 Å². The van der Waals surface area contributed by atoms with Gasteiger partial charge in [-0.1, -0.05) is 23.2 Å². The Bertz CT molecular complexity index is 945. The van der Waals surface area contributed by atoms with Crippen molar-refractivity contribution in [3.63, 3.8) is 0 Å². The molecule has 25 heavy (non-hydrogen) atoms. The van der Waals surface area contributed by atoms with E-state index >= 15 is 0 Å². The van der Waals surface area contributed by atoms with E-state index in [0.29, 0.717) is 5.02 Å². The van der Waals surface area contributed by atoms with Crippen LogP contribution < -0.4 is 11.2 Å². The van der Waals surface area contributed by atoms with Crippen molar-refractivity contribution in [1.29, 1.82) is 0 Å². The Morgan fingerprint density at radius 1 is 1.20 bits per heavy atom. The molecule has 0 saturated carbocycles. The van der Waals surface area contributed by atoms with Crippen LogP contribution >= 0.6 is 23.2 Å². The van der Waals surface area contributed by atoms with E-state index in [2.05, 4.69) is 4.98 Å². The molecule has 0 atom stereocenters. The lowest BCUT2D eigenvalue weighted by molar-refractivity contribution is 0.0687. The van der Waals surface area contributed by atoms with Gasteiger partial charge in [-0.05, 0) is 44.1 Å². The highest BCUT2D eigenvalue weighted by atomic mass is 35.5. The molecule has 1 fully saturated rings. The molecule has 2 N–H and O–H groups in total. The van der Waals surface area contributed by atoms with E-state index in [4.69, 9.17) is 23.2 Å². The molecular formula is C16H15Cl2N3O4. The Hall–Kier alpha value is -2.09. The summed E-state index contributed by atoms with van der Waals surface area (Å²) in [5, 5.41) is 9.84. The molecule has 0 radical (unpaired) electrons. The third-order valence-electron chi connectivity index (χ3n) is 4.14. The van der Waals surface area contributed by atoms with Gasteiger partial charge in [0.2, 0.25) is 0 Å². The fourth-order valence-corrected chi connectivity index (χ4v) is 3.44. The number of carbonyl (C=O) groups is 1. The first-order valence-electron chi connectivity index (χ1n) is 7.68. The molecule has 132 valence electrons. The molecule has 7 nitrogen and oxygen atoms in total. The molecule has 1 aromatic heterocycles. The molecule has 0 amide bonds. The molecule has 3 rings (SSSR count). The standard InChI is InChI=1S/C16H15Cl2N3O4/c17-9-3-4-12(11(18)7-9)21-14(22)10(8-20-5-1-2-6-20)13(15(23)24)19-16(21)25/h3-4,7H,1-2,5-6,8H2,(H,19,25)(H,23,24). The van der Waals surface area contributed by atoms with Crippen LogP contribution in [0.4, 0.5) is 0 Å². The molecule has 1 aliphatic rings. The second kappa shape index (κ2) is 7.03. The maximum absolute atomic E-state index is 12.9. The molecule has 0 aliphatic carbocycles. The average molecular weight is 384 g/mol. The Morgan fingerprint density at radius 2 is 1.88 bits per heavy atom.